The highest BCUT2D eigenvalue weighted by atomic mass is 16.5. The van der Waals surface area contributed by atoms with Crippen LogP contribution in [-0.2, 0) is 6.42 Å². The highest BCUT2D eigenvalue weighted by Crippen LogP contribution is 2.14. The number of amides is 2. The largest absolute Gasteiger partial charge is 0.497 e. The van der Waals surface area contributed by atoms with Gasteiger partial charge in [0.25, 0.3) is 0 Å². The van der Waals surface area contributed by atoms with Gasteiger partial charge >= 0.3 is 6.03 Å². The number of benzene rings is 2. The molecule has 2 aromatic carbocycles. The first-order valence-corrected chi connectivity index (χ1v) is 7.97. The summed E-state index contributed by atoms with van der Waals surface area (Å²) < 4.78 is 5.10. The second-order valence-corrected chi connectivity index (χ2v) is 5.87. The molecule has 0 aliphatic carbocycles. The summed E-state index contributed by atoms with van der Waals surface area (Å²) >= 11 is 0. The van der Waals surface area contributed by atoms with E-state index in [-0.39, 0.29) is 12.1 Å². The average Bonchev–Trinajstić information content (AvgIpc) is 2.60. The molecule has 1 atom stereocenters. The zero-order valence-corrected chi connectivity index (χ0v) is 14.5. The summed E-state index contributed by atoms with van der Waals surface area (Å²) in [5.74, 6) is 0.761. The van der Waals surface area contributed by atoms with Gasteiger partial charge in [-0.15, -0.1) is 0 Å². The van der Waals surface area contributed by atoms with Crippen molar-refractivity contribution in [1.29, 1.82) is 0 Å². The first kappa shape index (κ1) is 17.8. The Hall–Kier alpha value is -2.53. The lowest BCUT2D eigenvalue weighted by molar-refractivity contribution is 0.242. The Bertz CT molecular complexity index is 627. The maximum absolute atomic E-state index is 12.1. The van der Waals surface area contributed by atoms with Gasteiger partial charge in [-0.2, -0.15) is 0 Å². The molecule has 5 heteroatoms. The van der Waals surface area contributed by atoms with Gasteiger partial charge < -0.3 is 20.3 Å². The number of methoxy groups -OCH3 is 1. The zero-order valence-electron chi connectivity index (χ0n) is 14.5. The average molecular weight is 327 g/mol. The molecule has 0 radical (unpaired) electrons. The maximum Gasteiger partial charge on any atom is 0.319 e. The minimum Gasteiger partial charge on any atom is -0.497 e. The molecular weight excluding hydrogens is 302 g/mol. The highest BCUT2D eigenvalue weighted by molar-refractivity contribution is 5.89. The molecule has 128 valence electrons. The van der Waals surface area contributed by atoms with Crippen molar-refractivity contribution in [2.24, 2.45) is 0 Å². The van der Waals surface area contributed by atoms with E-state index in [1.807, 2.05) is 56.6 Å². The molecule has 0 bridgehead atoms. The molecule has 0 heterocycles. The van der Waals surface area contributed by atoms with Gasteiger partial charge in [-0.3, -0.25) is 0 Å². The van der Waals surface area contributed by atoms with Crippen molar-refractivity contribution in [2.75, 3.05) is 33.1 Å². The lowest BCUT2D eigenvalue weighted by Crippen LogP contribution is -2.43. The standard InChI is InChI=1S/C19H25N3O2/c1-22(2)17(13-15-7-5-4-6-8-15)14-20-19(23)21-16-9-11-18(24-3)12-10-16/h4-12,17H,13-14H2,1-3H3,(H2,20,21,23). The Labute approximate surface area is 143 Å². The number of likely N-dealkylation sites (N-methyl/N-ethyl adjacent to an activating group) is 1. The van der Waals surface area contributed by atoms with Gasteiger partial charge in [0, 0.05) is 18.3 Å². The fourth-order valence-corrected chi connectivity index (χ4v) is 2.38. The first-order chi connectivity index (χ1) is 11.6. The van der Waals surface area contributed by atoms with E-state index in [0.29, 0.717) is 6.54 Å². The predicted octanol–water partition coefficient (Wildman–Crippen LogP) is 2.99. The third-order valence-electron chi connectivity index (χ3n) is 3.89. The van der Waals surface area contributed by atoms with E-state index in [0.717, 1.165) is 17.9 Å². The van der Waals surface area contributed by atoms with Crippen LogP contribution < -0.4 is 15.4 Å². The molecule has 0 aliphatic heterocycles. The van der Waals surface area contributed by atoms with Gasteiger partial charge in [-0.25, -0.2) is 4.79 Å². The molecule has 0 aliphatic rings. The number of urea groups is 1. The number of nitrogens with one attached hydrogen (secondary N) is 2. The van der Waals surface area contributed by atoms with Gasteiger partial charge in [-0.1, -0.05) is 30.3 Å². The summed E-state index contributed by atoms with van der Waals surface area (Å²) in [5.41, 5.74) is 1.99. The molecule has 0 saturated carbocycles. The van der Waals surface area contributed by atoms with E-state index in [1.165, 1.54) is 5.56 Å². The normalized spacial score (nSPS) is 11.8. The molecule has 0 aromatic heterocycles. The van der Waals surface area contributed by atoms with Crippen LogP contribution in [0.25, 0.3) is 0 Å². The maximum atomic E-state index is 12.1. The number of nitrogens with zero attached hydrogens (tertiary/aromatic N) is 1. The van der Waals surface area contributed by atoms with E-state index in [9.17, 15) is 4.79 Å². The second-order valence-electron chi connectivity index (χ2n) is 5.87. The summed E-state index contributed by atoms with van der Waals surface area (Å²) in [6.07, 6.45) is 0.886. The van der Waals surface area contributed by atoms with Crippen LogP contribution in [0, 0.1) is 0 Å². The fourth-order valence-electron chi connectivity index (χ4n) is 2.38. The number of anilines is 1. The number of hydrogen-bond acceptors (Lipinski definition) is 3. The number of hydrogen-bond donors (Lipinski definition) is 2. The summed E-state index contributed by atoms with van der Waals surface area (Å²) in [6, 6.07) is 17.6. The summed E-state index contributed by atoms with van der Waals surface area (Å²) in [6.45, 7) is 0.573. The summed E-state index contributed by atoms with van der Waals surface area (Å²) in [4.78, 5) is 14.2. The zero-order chi connectivity index (χ0) is 17.4. The van der Waals surface area contributed by atoms with Crippen LogP contribution in [0.15, 0.2) is 54.6 Å². The molecule has 2 N–H and O–H groups in total. The van der Waals surface area contributed by atoms with E-state index < -0.39 is 0 Å². The van der Waals surface area contributed by atoms with Crippen molar-refractivity contribution in [2.45, 2.75) is 12.5 Å². The molecule has 5 nitrogen and oxygen atoms in total. The Kier molecular flexibility index (Phi) is 6.63. The number of rotatable bonds is 7. The Morgan fingerprint density at radius 3 is 2.33 bits per heavy atom. The predicted molar refractivity (Wildman–Crippen MR) is 97.6 cm³/mol. The first-order valence-electron chi connectivity index (χ1n) is 7.97. The van der Waals surface area contributed by atoms with E-state index in [2.05, 4.69) is 27.7 Å². The molecule has 2 aromatic rings. The van der Waals surface area contributed by atoms with Crippen molar-refractivity contribution in [3.63, 3.8) is 0 Å². The smallest absolute Gasteiger partial charge is 0.319 e. The summed E-state index contributed by atoms with van der Waals surface area (Å²) in [5, 5.41) is 5.77. The summed E-state index contributed by atoms with van der Waals surface area (Å²) in [7, 11) is 5.66. The third-order valence-corrected chi connectivity index (χ3v) is 3.89. The van der Waals surface area contributed by atoms with Crippen LogP contribution in [0.3, 0.4) is 0 Å². The van der Waals surface area contributed by atoms with Crippen molar-refractivity contribution in [3.05, 3.63) is 60.2 Å². The molecular formula is C19H25N3O2. The monoisotopic (exact) mass is 327 g/mol. The quantitative estimate of drug-likeness (QED) is 0.822. The molecule has 0 saturated heterocycles. The topological polar surface area (TPSA) is 53.6 Å². The number of carbonyl (C=O) groups is 1. The van der Waals surface area contributed by atoms with E-state index in [4.69, 9.17) is 4.74 Å². The molecule has 0 spiro atoms. The Balaban J connectivity index is 1.85. The van der Waals surface area contributed by atoms with Gasteiger partial charge in [0.1, 0.15) is 5.75 Å². The van der Waals surface area contributed by atoms with Gasteiger partial charge in [0.2, 0.25) is 0 Å². The van der Waals surface area contributed by atoms with Crippen LogP contribution in [0.4, 0.5) is 10.5 Å². The molecule has 2 amide bonds. The van der Waals surface area contributed by atoms with Crippen LogP contribution in [-0.4, -0.2) is 44.7 Å². The van der Waals surface area contributed by atoms with Crippen molar-refractivity contribution >= 4 is 11.7 Å². The molecule has 1 unspecified atom stereocenters. The van der Waals surface area contributed by atoms with Crippen LogP contribution >= 0.6 is 0 Å². The second kappa shape index (κ2) is 8.93. The lowest BCUT2D eigenvalue weighted by atomic mass is 10.1. The van der Waals surface area contributed by atoms with Crippen LogP contribution in [0.5, 0.6) is 5.75 Å². The minimum atomic E-state index is -0.208. The Morgan fingerprint density at radius 1 is 1.08 bits per heavy atom. The SMILES string of the molecule is COc1ccc(NC(=O)NCC(Cc2ccccc2)N(C)C)cc1. The lowest BCUT2D eigenvalue weighted by Gasteiger charge is -2.25. The molecule has 24 heavy (non-hydrogen) atoms. The van der Waals surface area contributed by atoms with Crippen LogP contribution in [0.1, 0.15) is 5.56 Å². The van der Waals surface area contributed by atoms with Gasteiger partial charge in [-0.05, 0) is 50.3 Å². The highest BCUT2D eigenvalue weighted by Gasteiger charge is 2.13. The van der Waals surface area contributed by atoms with Crippen molar-refractivity contribution in [3.8, 4) is 5.75 Å². The van der Waals surface area contributed by atoms with Crippen molar-refractivity contribution < 1.29 is 9.53 Å². The van der Waals surface area contributed by atoms with Gasteiger partial charge in [0.05, 0.1) is 7.11 Å². The number of carbonyl (C=O) groups excluding carboxylic acids is 1. The molecule has 2 rings (SSSR count). The van der Waals surface area contributed by atoms with Crippen LogP contribution in [0.2, 0.25) is 0 Å². The van der Waals surface area contributed by atoms with E-state index in [1.54, 1.807) is 7.11 Å². The molecule has 0 fully saturated rings. The van der Waals surface area contributed by atoms with Crippen molar-refractivity contribution in [1.82, 2.24) is 10.2 Å². The minimum absolute atomic E-state index is 0.208. The Morgan fingerprint density at radius 2 is 1.75 bits per heavy atom. The third kappa shape index (κ3) is 5.59. The number of ether oxygens (including phenoxy) is 1. The fraction of sp³-hybridized carbons (Fsp3) is 0.316. The van der Waals surface area contributed by atoms with Gasteiger partial charge in [0.15, 0.2) is 0 Å². The van der Waals surface area contributed by atoms with E-state index >= 15 is 0 Å².